The highest BCUT2D eigenvalue weighted by atomic mass is 16.6. The lowest BCUT2D eigenvalue weighted by Gasteiger charge is -2.35. The van der Waals surface area contributed by atoms with Crippen LogP contribution in [0.15, 0.2) is 24.3 Å². The second-order valence-electron chi connectivity index (χ2n) is 11.7. The highest BCUT2D eigenvalue weighted by Gasteiger charge is 2.39. The summed E-state index contributed by atoms with van der Waals surface area (Å²) in [4.78, 5) is 50.2. The zero-order chi connectivity index (χ0) is 27.9. The maximum absolute atomic E-state index is 13.6. The van der Waals surface area contributed by atoms with Crippen LogP contribution in [0.3, 0.4) is 0 Å². The van der Waals surface area contributed by atoms with Crippen LogP contribution >= 0.6 is 0 Å². The maximum Gasteiger partial charge on any atom is 0.269 e. The van der Waals surface area contributed by atoms with Crippen molar-refractivity contribution in [2.45, 2.75) is 77.9 Å². The molecule has 1 aromatic carbocycles. The van der Waals surface area contributed by atoms with Crippen LogP contribution in [-0.2, 0) is 20.9 Å². The molecule has 0 bridgehead atoms. The van der Waals surface area contributed by atoms with Crippen molar-refractivity contribution in [3.63, 3.8) is 0 Å². The molecule has 38 heavy (non-hydrogen) atoms. The van der Waals surface area contributed by atoms with E-state index in [2.05, 4.69) is 10.6 Å². The summed E-state index contributed by atoms with van der Waals surface area (Å²) in [5, 5.41) is 27.5. The lowest BCUT2D eigenvalue weighted by molar-refractivity contribution is -0.384. The lowest BCUT2D eigenvalue weighted by Crippen LogP contribution is -2.56. The molecule has 3 rings (SSSR count). The number of hydroxylamine groups is 2. The van der Waals surface area contributed by atoms with Gasteiger partial charge in [0.2, 0.25) is 18.2 Å². The highest BCUT2D eigenvalue weighted by Crippen LogP contribution is 2.31. The van der Waals surface area contributed by atoms with Gasteiger partial charge in [0.25, 0.3) is 5.69 Å². The van der Waals surface area contributed by atoms with Gasteiger partial charge in [-0.3, -0.25) is 29.7 Å². The van der Waals surface area contributed by atoms with Crippen molar-refractivity contribution >= 4 is 23.9 Å². The smallest absolute Gasteiger partial charge is 0.269 e. The predicted octanol–water partition coefficient (Wildman–Crippen LogP) is 2.86. The molecular formula is C27H41N5O6. The Balaban J connectivity index is 1.60. The zero-order valence-electron chi connectivity index (χ0n) is 22.6. The van der Waals surface area contributed by atoms with Crippen LogP contribution in [0.1, 0.15) is 64.9 Å². The van der Waals surface area contributed by atoms with Gasteiger partial charge in [0.15, 0.2) is 0 Å². The van der Waals surface area contributed by atoms with Crippen LogP contribution in [0.2, 0.25) is 0 Å². The fraction of sp³-hybridized carbons (Fsp3) is 0.667. The Hall–Kier alpha value is -3.05. The van der Waals surface area contributed by atoms with E-state index in [9.17, 15) is 29.7 Å². The molecule has 3 atom stereocenters. The second kappa shape index (κ2) is 13.1. The first kappa shape index (κ1) is 29.5. The van der Waals surface area contributed by atoms with E-state index in [-0.39, 0.29) is 30.1 Å². The number of carbonyl (C=O) groups is 3. The minimum atomic E-state index is -0.752. The number of amides is 3. The van der Waals surface area contributed by atoms with Gasteiger partial charge in [-0.15, -0.1) is 0 Å². The molecule has 0 spiro atoms. The minimum absolute atomic E-state index is 0.0463. The first-order chi connectivity index (χ1) is 18.0. The van der Waals surface area contributed by atoms with Gasteiger partial charge < -0.3 is 15.5 Å². The van der Waals surface area contributed by atoms with Crippen LogP contribution in [0.4, 0.5) is 5.69 Å². The first-order valence-electron chi connectivity index (χ1n) is 13.4. The predicted molar refractivity (Wildman–Crippen MR) is 141 cm³/mol. The van der Waals surface area contributed by atoms with E-state index in [0.29, 0.717) is 43.4 Å². The van der Waals surface area contributed by atoms with Crippen molar-refractivity contribution in [2.75, 3.05) is 19.6 Å². The molecule has 2 aliphatic rings. The number of benzene rings is 1. The summed E-state index contributed by atoms with van der Waals surface area (Å²) in [5.74, 6) is -0.698. The Kier molecular flexibility index (Phi) is 10.2. The molecule has 11 nitrogen and oxygen atoms in total. The molecular weight excluding hydrogens is 490 g/mol. The third kappa shape index (κ3) is 8.22. The van der Waals surface area contributed by atoms with E-state index in [4.69, 9.17) is 0 Å². The molecule has 0 aromatic heterocycles. The number of hydrogen-bond donors (Lipinski definition) is 3. The molecule has 1 heterocycles. The quantitative estimate of drug-likeness (QED) is 0.163. The topological polar surface area (TPSA) is 145 Å². The molecule has 2 fully saturated rings. The van der Waals surface area contributed by atoms with Crippen molar-refractivity contribution in [2.24, 2.45) is 17.3 Å². The average Bonchev–Trinajstić information content (AvgIpc) is 3.57. The first-order valence-corrected chi connectivity index (χ1v) is 13.4. The van der Waals surface area contributed by atoms with Crippen LogP contribution in [-0.4, -0.2) is 70.0 Å². The lowest BCUT2D eigenvalue weighted by atomic mass is 9.84. The summed E-state index contributed by atoms with van der Waals surface area (Å²) < 4.78 is 0. The molecule has 0 radical (unpaired) electrons. The van der Waals surface area contributed by atoms with Gasteiger partial charge in [0.05, 0.1) is 17.4 Å². The third-order valence-corrected chi connectivity index (χ3v) is 7.63. The summed E-state index contributed by atoms with van der Waals surface area (Å²) in [7, 11) is 0. The van der Waals surface area contributed by atoms with Crippen molar-refractivity contribution in [3.8, 4) is 0 Å². The van der Waals surface area contributed by atoms with Crippen molar-refractivity contribution in [1.82, 2.24) is 20.6 Å². The number of nitro groups is 1. The zero-order valence-corrected chi connectivity index (χ0v) is 22.6. The van der Waals surface area contributed by atoms with Gasteiger partial charge in [-0.2, -0.15) is 0 Å². The van der Waals surface area contributed by atoms with Crippen LogP contribution in [0.5, 0.6) is 0 Å². The van der Waals surface area contributed by atoms with Gasteiger partial charge in [-0.1, -0.05) is 58.6 Å². The molecule has 3 N–H and O–H groups in total. The monoisotopic (exact) mass is 531 g/mol. The van der Waals surface area contributed by atoms with Gasteiger partial charge in [-0.25, -0.2) is 5.06 Å². The number of likely N-dealkylation sites (tertiary alicyclic amines) is 1. The van der Waals surface area contributed by atoms with E-state index in [1.54, 1.807) is 17.0 Å². The summed E-state index contributed by atoms with van der Waals surface area (Å²) in [6.07, 6.45) is 5.92. The van der Waals surface area contributed by atoms with Crippen molar-refractivity contribution < 1.29 is 24.5 Å². The van der Waals surface area contributed by atoms with E-state index in [1.165, 1.54) is 12.1 Å². The fourth-order valence-corrected chi connectivity index (χ4v) is 5.40. The normalized spacial score (nSPS) is 19.7. The molecule has 1 aliphatic carbocycles. The van der Waals surface area contributed by atoms with Crippen LogP contribution in [0, 0.1) is 27.4 Å². The van der Waals surface area contributed by atoms with Crippen molar-refractivity contribution in [3.05, 3.63) is 39.9 Å². The molecule has 3 amide bonds. The number of nitrogens with one attached hydrogen (secondary N) is 2. The maximum atomic E-state index is 13.6. The summed E-state index contributed by atoms with van der Waals surface area (Å²) >= 11 is 0. The summed E-state index contributed by atoms with van der Waals surface area (Å²) in [6, 6.07) is 5.70. The van der Waals surface area contributed by atoms with Crippen LogP contribution < -0.4 is 10.6 Å². The van der Waals surface area contributed by atoms with Crippen LogP contribution in [0.25, 0.3) is 0 Å². The Morgan fingerprint density at radius 3 is 2.45 bits per heavy atom. The molecule has 11 heteroatoms. The third-order valence-electron chi connectivity index (χ3n) is 7.63. The van der Waals surface area contributed by atoms with Gasteiger partial charge in [0.1, 0.15) is 6.04 Å². The molecule has 1 aliphatic heterocycles. The van der Waals surface area contributed by atoms with Gasteiger partial charge in [0, 0.05) is 37.8 Å². The molecule has 1 saturated carbocycles. The minimum Gasteiger partial charge on any atom is -0.344 e. The largest absolute Gasteiger partial charge is 0.344 e. The van der Waals surface area contributed by atoms with Gasteiger partial charge >= 0.3 is 0 Å². The number of carbonyl (C=O) groups excluding carboxylic acids is 3. The summed E-state index contributed by atoms with van der Waals surface area (Å²) in [6.45, 7) is 7.20. The second-order valence-corrected chi connectivity index (χ2v) is 11.7. The summed E-state index contributed by atoms with van der Waals surface area (Å²) in [5.41, 5.74) is 0.421. The number of hydrogen-bond acceptors (Lipinski definition) is 7. The van der Waals surface area contributed by atoms with Crippen molar-refractivity contribution in [1.29, 1.82) is 0 Å². The van der Waals surface area contributed by atoms with E-state index >= 15 is 0 Å². The number of nitrogens with zero attached hydrogens (tertiary/aromatic N) is 3. The highest BCUT2D eigenvalue weighted by molar-refractivity contribution is 5.89. The van der Waals surface area contributed by atoms with E-state index < -0.39 is 22.3 Å². The SMILES string of the molecule is CC(C)(C)[C@H](NC(=O)[C@H](CC1CCCC1)CN(O)C=O)C(=O)N1CC[C@@H](NCc2ccc([N+](=O)[O-])cc2)C1. The standard InChI is InChI=1S/C27H41N5O6/c1-27(2,3)24(29-25(34)21(16-31(36)18-33)14-19-6-4-5-7-19)26(35)30-13-12-22(17-30)28-15-20-8-10-23(11-9-20)32(37)38/h8-11,18-19,21-22,24,28,36H,4-7,12-17H2,1-3H3,(H,29,34)/t21-,22-,24-/m1/s1. The Morgan fingerprint density at radius 2 is 1.87 bits per heavy atom. The Labute approximate surface area is 224 Å². The fourth-order valence-electron chi connectivity index (χ4n) is 5.40. The average molecular weight is 532 g/mol. The molecule has 1 saturated heterocycles. The Morgan fingerprint density at radius 1 is 1.21 bits per heavy atom. The van der Waals surface area contributed by atoms with E-state index in [1.807, 2.05) is 20.8 Å². The number of rotatable bonds is 12. The molecule has 0 unspecified atom stereocenters. The number of non-ortho nitro benzene ring substituents is 1. The van der Waals surface area contributed by atoms with E-state index in [0.717, 1.165) is 37.7 Å². The van der Waals surface area contributed by atoms with Gasteiger partial charge in [-0.05, 0) is 29.7 Å². The number of nitro benzene ring substituents is 1. The molecule has 1 aromatic rings. The molecule has 210 valence electrons. The Bertz CT molecular complexity index is 973.